The molecule has 0 aromatic heterocycles. The summed E-state index contributed by atoms with van der Waals surface area (Å²) in [6.07, 6.45) is 0.342. The monoisotopic (exact) mass is 354 g/mol. The van der Waals surface area contributed by atoms with Gasteiger partial charge in [-0.2, -0.15) is 0 Å². The topological polar surface area (TPSA) is 70.1 Å². The number of β-amino-alcohol motifs (C(OH)–C–C–N with tert-alkyl or cyclic N) is 1. The number of carbonyl (C=O) groups excluding carboxylic acids is 2. The fourth-order valence-corrected chi connectivity index (χ4v) is 2.62. The van der Waals surface area contributed by atoms with Crippen LogP contribution in [0.15, 0.2) is 24.3 Å². The lowest BCUT2D eigenvalue weighted by Crippen LogP contribution is -2.39. The summed E-state index contributed by atoms with van der Waals surface area (Å²) in [5.41, 5.74) is 0.916. The van der Waals surface area contributed by atoms with Crippen LogP contribution in [-0.4, -0.2) is 59.3 Å². The molecule has 1 saturated heterocycles. The molecule has 132 valence electrons. The molecule has 7 heteroatoms. The van der Waals surface area contributed by atoms with E-state index < -0.39 is 12.2 Å². The number of ether oxygens (including phenoxy) is 1. The zero-order valence-corrected chi connectivity index (χ0v) is 14.5. The minimum atomic E-state index is -0.803. The molecule has 1 aromatic rings. The quantitative estimate of drug-likeness (QED) is 0.823. The average Bonchev–Trinajstić information content (AvgIpc) is 2.68. The van der Waals surface area contributed by atoms with Crippen molar-refractivity contribution >= 4 is 23.6 Å². The van der Waals surface area contributed by atoms with Crippen molar-refractivity contribution in [2.24, 2.45) is 0 Å². The first kappa shape index (κ1) is 18.5. The van der Waals surface area contributed by atoms with Crippen molar-refractivity contribution in [1.29, 1.82) is 0 Å². The maximum atomic E-state index is 12.4. The second-order valence-electron chi connectivity index (χ2n) is 5.90. The van der Waals surface area contributed by atoms with E-state index >= 15 is 0 Å². The third-order valence-electron chi connectivity index (χ3n) is 3.81. The normalized spacial score (nSPS) is 18.5. The molecule has 1 unspecified atom stereocenters. The van der Waals surface area contributed by atoms with E-state index in [9.17, 15) is 14.7 Å². The van der Waals surface area contributed by atoms with Gasteiger partial charge in [0.1, 0.15) is 6.54 Å². The molecule has 1 aliphatic heterocycles. The minimum absolute atomic E-state index is 0.0877. The number of aliphatic hydroxyl groups is 1. The minimum Gasteiger partial charge on any atom is -0.449 e. The lowest BCUT2D eigenvalue weighted by molar-refractivity contribution is -0.132. The Morgan fingerprint density at radius 1 is 1.33 bits per heavy atom. The lowest BCUT2D eigenvalue weighted by Gasteiger charge is -2.22. The molecule has 0 saturated carbocycles. The van der Waals surface area contributed by atoms with E-state index in [-0.39, 0.29) is 25.5 Å². The highest BCUT2D eigenvalue weighted by Gasteiger charge is 2.30. The predicted molar refractivity (Wildman–Crippen MR) is 90.7 cm³/mol. The molecule has 1 heterocycles. The molecule has 0 radical (unpaired) electrons. The Balaban J connectivity index is 1.97. The van der Waals surface area contributed by atoms with Gasteiger partial charge >= 0.3 is 6.09 Å². The third-order valence-corrected chi connectivity index (χ3v) is 4.06. The maximum absolute atomic E-state index is 12.4. The summed E-state index contributed by atoms with van der Waals surface area (Å²) in [6, 6.07) is 7.19. The highest BCUT2D eigenvalue weighted by Crippen LogP contribution is 2.14. The zero-order valence-electron chi connectivity index (χ0n) is 13.8. The molecular weight excluding hydrogens is 332 g/mol. The van der Waals surface area contributed by atoms with E-state index in [1.807, 2.05) is 19.1 Å². The summed E-state index contributed by atoms with van der Waals surface area (Å²) in [5.74, 6) is -0.214. The van der Waals surface area contributed by atoms with E-state index in [1.54, 1.807) is 17.0 Å². The molecule has 0 spiro atoms. The van der Waals surface area contributed by atoms with Crippen LogP contribution in [-0.2, 0) is 16.1 Å². The van der Waals surface area contributed by atoms with Crippen LogP contribution in [0.5, 0.6) is 0 Å². The number of benzene rings is 1. The summed E-state index contributed by atoms with van der Waals surface area (Å²) in [7, 11) is 0. The van der Waals surface area contributed by atoms with Crippen LogP contribution in [0.25, 0.3) is 0 Å². The Morgan fingerprint density at radius 3 is 2.71 bits per heavy atom. The van der Waals surface area contributed by atoms with Gasteiger partial charge in [-0.1, -0.05) is 37.1 Å². The van der Waals surface area contributed by atoms with Crippen molar-refractivity contribution < 1.29 is 19.4 Å². The molecule has 1 aromatic carbocycles. The number of halogens is 1. The molecule has 1 atom stereocenters. The van der Waals surface area contributed by atoms with Crippen molar-refractivity contribution in [2.45, 2.75) is 32.4 Å². The Morgan fingerprint density at radius 2 is 2.04 bits per heavy atom. The van der Waals surface area contributed by atoms with Gasteiger partial charge in [-0.25, -0.2) is 4.79 Å². The van der Waals surface area contributed by atoms with Gasteiger partial charge in [0.15, 0.2) is 0 Å². The number of hydrogen-bond donors (Lipinski definition) is 1. The molecule has 1 N–H and O–H groups in total. The lowest BCUT2D eigenvalue weighted by atomic mass is 10.2. The molecule has 0 aliphatic carbocycles. The molecule has 0 bridgehead atoms. The van der Waals surface area contributed by atoms with E-state index in [0.29, 0.717) is 18.2 Å². The Bertz CT molecular complexity index is 564. The molecule has 1 fully saturated rings. The summed E-state index contributed by atoms with van der Waals surface area (Å²) in [5, 5.41) is 10.8. The fourth-order valence-electron chi connectivity index (χ4n) is 2.49. The molecule has 6 nitrogen and oxygen atoms in total. The van der Waals surface area contributed by atoms with Crippen molar-refractivity contribution in [3.05, 3.63) is 34.9 Å². The van der Waals surface area contributed by atoms with Crippen LogP contribution < -0.4 is 0 Å². The van der Waals surface area contributed by atoms with Crippen molar-refractivity contribution in [1.82, 2.24) is 9.80 Å². The van der Waals surface area contributed by atoms with Gasteiger partial charge in [-0.05, 0) is 24.1 Å². The van der Waals surface area contributed by atoms with Gasteiger partial charge in [-0.3, -0.25) is 9.69 Å². The van der Waals surface area contributed by atoms with Crippen LogP contribution in [0.3, 0.4) is 0 Å². The first-order valence-corrected chi connectivity index (χ1v) is 8.49. The van der Waals surface area contributed by atoms with Gasteiger partial charge in [0.05, 0.1) is 19.3 Å². The van der Waals surface area contributed by atoms with E-state index in [4.69, 9.17) is 16.3 Å². The Kier molecular flexibility index (Phi) is 6.87. The van der Waals surface area contributed by atoms with Gasteiger partial charge in [0, 0.05) is 18.1 Å². The van der Waals surface area contributed by atoms with Crippen LogP contribution in [0.1, 0.15) is 25.3 Å². The second kappa shape index (κ2) is 8.89. The number of carbonyl (C=O) groups is 2. The van der Waals surface area contributed by atoms with E-state index in [0.717, 1.165) is 18.4 Å². The Labute approximate surface area is 146 Å². The number of rotatable bonds is 5. The number of amides is 2. The molecular formula is C17H23ClN2O4. The number of hydrogen-bond acceptors (Lipinski definition) is 4. The summed E-state index contributed by atoms with van der Waals surface area (Å²) >= 11 is 5.86. The zero-order chi connectivity index (χ0) is 17.5. The van der Waals surface area contributed by atoms with Crippen LogP contribution in [0.2, 0.25) is 5.02 Å². The average molecular weight is 355 g/mol. The number of unbranched alkanes of at least 4 members (excludes halogenated alkanes) is 1. The predicted octanol–water partition coefficient (Wildman–Crippen LogP) is 2.28. The van der Waals surface area contributed by atoms with Gasteiger partial charge in [0.25, 0.3) is 0 Å². The summed E-state index contributed by atoms with van der Waals surface area (Å²) in [6.45, 7) is 2.88. The largest absolute Gasteiger partial charge is 0.449 e. The number of aliphatic hydroxyl groups excluding tert-OH is 1. The number of nitrogens with zero attached hydrogens (tertiary/aromatic N) is 2. The van der Waals surface area contributed by atoms with Crippen molar-refractivity contribution in [3.8, 4) is 0 Å². The van der Waals surface area contributed by atoms with Crippen LogP contribution in [0, 0.1) is 0 Å². The molecule has 2 rings (SSSR count). The van der Waals surface area contributed by atoms with Gasteiger partial charge in [0.2, 0.25) is 5.91 Å². The molecule has 1 aliphatic rings. The second-order valence-corrected chi connectivity index (χ2v) is 6.34. The highest BCUT2D eigenvalue weighted by atomic mass is 35.5. The smallest absolute Gasteiger partial charge is 0.410 e. The SMILES string of the molecule is CCCCOC(=O)N1CC(=O)N(Cc2ccc(Cl)cc2)CC(O)C1. The molecule has 2 amide bonds. The van der Waals surface area contributed by atoms with Crippen molar-refractivity contribution in [2.75, 3.05) is 26.2 Å². The third kappa shape index (κ3) is 5.39. The van der Waals surface area contributed by atoms with Gasteiger partial charge in [-0.15, -0.1) is 0 Å². The van der Waals surface area contributed by atoms with E-state index in [2.05, 4.69) is 0 Å². The van der Waals surface area contributed by atoms with Crippen LogP contribution in [0.4, 0.5) is 4.79 Å². The molecule has 24 heavy (non-hydrogen) atoms. The maximum Gasteiger partial charge on any atom is 0.410 e. The van der Waals surface area contributed by atoms with E-state index in [1.165, 1.54) is 4.90 Å². The van der Waals surface area contributed by atoms with Crippen molar-refractivity contribution in [3.63, 3.8) is 0 Å². The van der Waals surface area contributed by atoms with Crippen LogP contribution >= 0.6 is 11.6 Å². The summed E-state index contributed by atoms with van der Waals surface area (Å²) < 4.78 is 5.13. The van der Waals surface area contributed by atoms with Gasteiger partial charge < -0.3 is 14.7 Å². The summed E-state index contributed by atoms with van der Waals surface area (Å²) in [4.78, 5) is 27.3. The first-order chi connectivity index (χ1) is 11.5. The first-order valence-electron chi connectivity index (χ1n) is 8.11. The Hall–Kier alpha value is -1.79. The standard InChI is InChI=1S/C17H23ClN2O4/c1-2-3-8-24-17(23)20-11-15(21)10-19(16(22)12-20)9-13-4-6-14(18)7-5-13/h4-7,15,21H,2-3,8-12H2,1H3. The fraction of sp³-hybridized carbons (Fsp3) is 0.529. The highest BCUT2D eigenvalue weighted by molar-refractivity contribution is 6.30.